The van der Waals surface area contributed by atoms with Crippen molar-refractivity contribution >= 4 is 23.5 Å². The van der Waals surface area contributed by atoms with Crippen molar-refractivity contribution < 1.29 is 9.59 Å². The summed E-state index contributed by atoms with van der Waals surface area (Å²) in [4.78, 5) is 25.6. The van der Waals surface area contributed by atoms with E-state index in [2.05, 4.69) is 0 Å². The maximum Gasteiger partial charge on any atom is 0.261 e. The fraction of sp³-hybridized carbons (Fsp3) is 0.0588. The normalized spacial score (nSPS) is 16.4. The Hall–Kier alpha value is -2.68. The van der Waals surface area contributed by atoms with Gasteiger partial charge in [0.1, 0.15) is 0 Å². The van der Waals surface area contributed by atoms with E-state index in [1.807, 2.05) is 48.5 Å². The molecular formula is C17H13NO2. The summed E-state index contributed by atoms with van der Waals surface area (Å²) in [5.41, 5.74) is 2.75. The molecule has 3 rings (SSSR count). The van der Waals surface area contributed by atoms with Crippen LogP contribution in [0.3, 0.4) is 0 Å². The Kier molecular flexibility index (Phi) is 2.95. The number of imide groups is 1. The standard InChI is InChI=1S/C17H13NO2/c1-18-16(19)14-10-6-5-9-13(14)15(17(18)20)11-12-7-3-2-4-8-12/h2-11H,1H3/b15-11+. The molecule has 0 bridgehead atoms. The van der Waals surface area contributed by atoms with Crippen LogP contribution in [0.25, 0.3) is 11.6 Å². The van der Waals surface area contributed by atoms with Crippen LogP contribution in [0, 0.1) is 0 Å². The highest BCUT2D eigenvalue weighted by Crippen LogP contribution is 2.29. The SMILES string of the molecule is CN1C(=O)/C(=C/c2ccccc2)c2ccccc2C1=O. The minimum Gasteiger partial charge on any atom is -0.277 e. The van der Waals surface area contributed by atoms with E-state index in [4.69, 9.17) is 0 Å². The molecular weight excluding hydrogens is 250 g/mol. The number of hydrogen-bond donors (Lipinski definition) is 0. The van der Waals surface area contributed by atoms with Crippen molar-refractivity contribution in [1.29, 1.82) is 0 Å². The summed E-state index contributed by atoms with van der Waals surface area (Å²) in [6.07, 6.45) is 1.82. The summed E-state index contributed by atoms with van der Waals surface area (Å²) < 4.78 is 0. The second-order valence-corrected chi connectivity index (χ2v) is 4.68. The van der Waals surface area contributed by atoms with Gasteiger partial charge in [0, 0.05) is 18.2 Å². The first-order valence-corrected chi connectivity index (χ1v) is 6.37. The summed E-state index contributed by atoms with van der Waals surface area (Å²) in [5.74, 6) is -0.520. The van der Waals surface area contributed by atoms with Gasteiger partial charge in [-0.25, -0.2) is 0 Å². The van der Waals surface area contributed by atoms with Crippen LogP contribution in [0.2, 0.25) is 0 Å². The zero-order valence-corrected chi connectivity index (χ0v) is 11.0. The number of carbonyl (C=O) groups is 2. The predicted molar refractivity (Wildman–Crippen MR) is 77.9 cm³/mol. The lowest BCUT2D eigenvalue weighted by atomic mass is 9.92. The molecule has 2 amide bonds. The predicted octanol–water partition coefficient (Wildman–Crippen LogP) is 2.84. The zero-order chi connectivity index (χ0) is 14.1. The van der Waals surface area contributed by atoms with Gasteiger partial charge < -0.3 is 0 Å². The molecule has 98 valence electrons. The van der Waals surface area contributed by atoms with Crippen molar-refractivity contribution in [2.75, 3.05) is 7.05 Å². The molecule has 1 aliphatic heterocycles. The van der Waals surface area contributed by atoms with Crippen LogP contribution in [0.15, 0.2) is 54.6 Å². The minimum atomic E-state index is -0.266. The van der Waals surface area contributed by atoms with E-state index in [0.717, 1.165) is 10.5 Å². The van der Waals surface area contributed by atoms with Crippen LogP contribution in [0.4, 0.5) is 0 Å². The molecule has 3 nitrogen and oxygen atoms in total. The summed E-state index contributed by atoms with van der Waals surface area (Å²) in [5, 5.41) is 0. The van der Waals surface area contributed by atoms with E-state index >= 15 is 0 Å². The van der Waals surface area contributed by atoms with Crippen LogP contribution < -0.4 is 0 Å². The first kappa shape index (κ1) is 12.4. The summed E-state index contributed by atoms with van der Waals surface area (Å²) in [6, 6.07) is 16.8. The van der Waals surface area contributed by atoms with Crippen molar-refractivity contribution in [1.82, 2.24) is 4.90 Å². The molecule has 0 aromatic heterocycles. The van der Waals surface area contributed by atoms with E-state index < -0.39 is 0 Å². The highest BCUT2D eigenvalue weighted by atomic mass is 16.2. The van der Waals surface area contributed by atoms with Crippen molar-refractivity contribution in [3.63, 3.8) is 0 Å². The average Bonchev–Trinajstić information content (AvgIpc) is 2.50. The second kappa shape index (κ2) is 4.78. The lowest BCUT2D eigenvalue weighted by molar-refractivity contribution is -0.121. The molecule has 0 spiro atoms. The molecule has 1 heterocycles. The number of nitrogens with zero attached hydrogens (tertiary/aromatic N) is 1. The van der Waals surface area contributed by atoms with Crippen molar-refractivity contribution in [2.24, 2.45) is 0 Å². The number of hydrogen-bond acceptors (Lipinski definition) is 2. The highest BCUT2D eigenvalue weighted by molar-refractivity contribution is 6.33. The van der Waals surface area contributed by atoms with Crippen LogP contribution in [-0.2, 0) is 4.79 Å². The molecule has 0 saturated carbocycles. The third kappa shape index (κ3) is 1.93. The molecule has 0 radical (unpaired) electrons. The molecule has 20 heavy (non-hydrogen) atoms. The Morgan fingerprint density at radius 1 is 0.800 bits per heavy atom. The average molecular weight is 263 g/mol. The van der Waals surface area contributed by atoms with Gasteiger partial charge in [0.25, 0.3) is 11.8 Å². The Morgan fingerprint density at radius 2 is 1.40 bits per heavy atom. The molecule has 0 N–H and O–H groups in total. The first-order chi connectivity index (χ1) is 9.68. The summed E-state index contributed by atoms with van der Waals surface area (Å²) in [6.45, 7) is 0. The maximum atomic E-state index is 12.3. The highest BCUT2D eigenvalue weighted by Gasteiger charge is 2.31. The monoisotopic (exact) mass is 263 g/mol. The fourth-order valence-corrected chi connectivity index (χ4v) is 2.33. The van der Waals surface area contributed by atoms with Crippen molar-refractivity contribution in [3.8, 4) is 0 Å². The fourth-order valence-electron chi connectivity index (χ4n) is 2.33. The van der Waals surface area contributed by atoms with Crippen LogP contribution in [0.5, 0.6) is 0 Å². The molecule has 0 unspecified atom stereocenters. The van der Waals surface area contributed by atoms with Crippen LogP contribution in [-0.4, -0.2) is 23.8 Å². The number of fused-ring (bicyclic) bond motifs is 1. The molecule has 0 saturated heterocycles. The molecule has 2 aromatic rings. The summed E-state index contributed by atoms with van der Waals surface area (Å²) >= 11 is 0. The van der Waals surface area contributed by atoms with Gasteiger partial charge in [-0.05, 0) is 23.3 Å². The molecule has 1 aliphatic rings. The third-order valence-corrected chi connectivity index (χ3v) is 3.40. The van der Waals surface area contributed by atoms with Crippen molar-refractivity contribution in [3.05, 3.63) is 71.3 Å². The molecule has 0 fully saturated rings. The Morgan fingerprint density at radius 3 is 2.10 bits per heavy atom. The van der Waals surface area contributed by atoms with Crippen LogP contribution >= 0.6 is 0 Å². The lowest BCUT2D eigenvalue weighted by Crippen LogP contribution is -2.38. The van der Waals surface area contributed by atoms with Gasteiger partial charge in [0.2, 0.25) is 0 Å². The number of likely N-dealkylation sites (N-methyl/N-ethyl adjacent to an activating group) is 1. The first-order valence-electron chi connectivity index (χ1n) is 6.37. The van der Waals surface area contributed by atoms with E-state index in [9.17, 15) is 9.59 Å². The molecule has 3 heteroatoms. The van der Waals surface area contributed by atoms with E-state index in [1.165, 1.54) is 7.05 Å². The number of rotatable bonds is 1. The van der Waals surface area contributed by atoms with E-state index in [1.54, 1.807) is 12.1 Å². The number of carbonyl (C=O) groups excluding carboxylic acids is 2. The number of benzene rings is 2. The van der Waals surface area contributed by atoms with Gasteiger partial charge in [0.05, 0.1) is 0 Å². The van der Waals surface area contributed by atoms with Gasteiger partial charge >= 0.3 is 0 Å². The molecule has 0 atom stereocenters. The molecule has 2 aromatic carbocycles. The lowest BCUT2D eigenvalue weighted by Gasteiger charge is -2.25. The van der Waals surface area contributed by atoms with E-state index in [-0.39, 0.29) is 11.8 Å². The van der Waals surface area contributed by atoms with Gasteiger partial charge in [0.15, 0.2) is 0 Å². The Bertz CT molecular complexity index is 717. The minimum absolute atomic E-state index is 0.254. The largest absolute Gasteiger partial charge is 0.277 e. The second-order valence-electron chi connectivity index (χ2n) is 4.68. The third-order valence-electron chi connectivity index (χ3n) is 3.40. The van der Waals surface area contributed by atoms with E-state index in [0.29, 0.717) is 16.7 Å². The summed E-state index contributed by atoms with van der Waals surface area (Å²) in [7, 11) is 1.51. The molecule has 0 aliphatic carbocycles. The quantitative estimate of drug-likeness (QED) is 0.586. The van der Waals surface area contributed by atoms with Crippen LogP contribution in [0.1, 0.15) is 21.5 Å². The topological polar surface area (TPSA) is 37.4 Å². The van der Waals surface area contributed by atoms with Gasteiger partial charge in [-0.1, -0.05) is 48.5 Å². The van der Waals surface area contributed by atoms with Gasteiger partial charge in [-0.2, -0.15) is 0 Å². The Labute approximate surface area is 117 Å². The number of amides is 2. The smallest absolute Gasteiger partial charge is 0.261 e. The maximum absolute atomic E-state index is 12.3. The van der Waals surface area contributed by atoms with Crippen molar-refractivity contribution in [2.45, 2.75) is 0 Å². The van der Waals surface area contributed by atoms with Gasteiger partial charge in [-0.15, -0.1) is 0 Å². The Balaban J connectivity index is 2.20. The zero-order valence-electron chi connectivity index (χ0n) is 11.0. The van der Waals surface area contributed by atoms with Gasteiger partial charge in [-0.3, -0.25) is 14.5 Å².